The third-order valence-electron chi connectivity index (χ3n) is 5.66. The summed E-state index contributed by atoms with van der Waals surface area (Å²) >= 11 is 12.2. The minimum absolute atomic E-state index is 0.289. The van der Waals surface area contributed by atoms with Crippen LogP contribution in [-0.4, -0.2) is 19.4 Å². The molecule has 0 aliphatic rings. The maximum absolute atomic E-state index is 13.1. The van der Waals surface area contributed by atoms with Gasteiger partial charge in [-0.25, -0.2) is 9.48 Å². The summed E-state index contributed by atoms with van der Waals surface area (Å²) in [6.45, 7) is 2.48. The zero-order valence-electron chi connectivity index (χ0n) is 17.9. The Labute approximate surface area is 200 Å². The molecular weight excluding hydrogens is 455 g/mol. The summed E-state index contributed by atoms with van der Waals surface area (Å²) < 4.78 is 2.80. The highest BCUT2D eigenvalue weighted by atomic mass is 35.5. The van der Waals surface area contributed by atoms with Gasteiger partial charge in [-0.15, -0.1) is 5.10 Å². The van der Waals surface area contributed by atoms with Gasteiger partial charge in [0.05, 0.1) is 12.7 Å². The first-order valence-corrected chi connectivity index (χ1v) is 11.4. The van der Waals surface area contributed by atoms with Crippen LogP contribution in [0.3, 0.4) is 0 Å². The van der Waals surface area contributed by atoms with E-state index in [1.807, 2.05) is 60.7 Å². The number of aromatic nitrogens is 4. The summed E-state index contributed by atoms with van der Waals surface area (Å²) in [7, 11) is 0. The number of hydrogen-bond acceptors (Lipinski definition) is 3. The van der Waals surface area contributed by atoms with Crippen LogP contribution in [-0.2, 0) is 13.0 Å². The van der Waals surface area contributed by atoms with Crippen molar-refractivity contribution >= 4 is 28.8 Å². The van der Waals surface area contributed by atoms with Crippen LogP contribution in [0.15, 0.2) is 83.8 Å². The van der Waals surface area contributed by atoms with E-state index in [1.54, 1.807) is 6.20 Å². The number of nitrogens with zero attached hydrogens (tertiary/aromatic N) is 4. The molecule has 7 heteroatoms. The zero-order chi connectivity index (χ0) is 22.9. The highest BCUT2D eigenvalue weighted by Crippen LogP contribution is 2.35. The van der Waals surface area contributed by atoms with Gasteiger partial charge >= 0.3 is 5.69 Å². The fraction of sp³-hybridized carbons (Fsp3) is 0.115. The second-order valence-electron chi connectivity index (χ2n) is 7.79. The molecule has 0 aliphatic heterocycles. The molecule has 164 valence electrons. The van der Waals surface area contributed by atoms with Crippen LogP contribution in [0.1, 0.15) is 18.1 Å². The van der Waals surface area contributed by atoms with Gasteiger partial charge in [0.1, 0.15) is 0 Å². The minimum atomic E-state index is -0.289. The predicted molar refractivity (Wildman–Crippen MR) is 133 cm³/mol. The van der Waals surface area contributed by atoms with E-state index in [-0.39, 0.29) is 5.69 Å². The van der Waals surface area contributed by atoms with Gasteiger partial charge in [-0.05, 0) is 52.9 Å². The lowest BCUT2D eigenvalue weighted by Crippen LogP contribution is -2.23. The van der Waals surface area contributed by atoms with Gasteiger partial charge in [-0.1, -0.05) is 78.7 Å². The largest absolute Gasteiger partial charge is 0.367 e. The van der Waals surface area contributed by atoms with Crippen molar-refractivity contribution < 1.29 is 0 Å². The molecule has 0 radical (unpaired) electrons. The Hall–Kier alpha value is -3.41. The molecule has 0 bridgehead atoms. The molecule has 0 N–H and O–H groups in total. The number of fused-ring (bicyclic) bond motifs is 1. The standard InChI is InChI=1S/C26H20Cl2N4O/c1-2-17-3-5-18(6-4-17)16-31-26(33)32-25(30-31)24(20-9-13-22(28)14-10-20)23(15-29-32)19-7-11-21(27)12-8-19/h3-15H,2,16H2,1H3. The molecule has 33 heavy (non-hydrogen) atoms. The van der Waals surface area contributed by atoms with Crippen molar-refractivity contribution in [3.8, 4) is 22.3 Å². The Morgan fingerprint density at radius 3 is 1.97 bits per heavy atom. The van der Waals surface area contributed by atoms with Crippen molar-refractivity contribution in [1.29, 1.82) is 0 Å². The quantitative estimate of drug-likeness (QED) is 0.307. The summed E-state index contributed by atoms with van der Waals surface area (Å²) in [6.07, 6.45) is 2.67. The Morgan fingerprint density at radius 2 is 1.36 bits per heavy atom. The fourth-order valence-electron chi connectivity index (χ4n) is 3.87. The highest BCUT2D eigenvalue weighted by Gasteiger charge is 2.19. The van der Waals surface area contributed by atoms with Gasteiger partial charge in [0, 0.05) is 21.2 Å². The second-order valence-corrected chi connectivity index (χ2v) is 8.67. The number of hydrogen-bond donors (Lipinski definition) is 0. The monoisotopic (exact) mass is 474 g/mol. The van der Waals surface area contributed by atoms with Gasteiger partial charge in [-0.3, -0.25) is 0 Å². The average Bonchev–Trinajstić information content (AvgIpc) is 3.15. The molecule has 2 heterocycles. The zero-order valence-corrected chi connectivity index (χ0v) is 19.4. The normalized spacial score (nSPS) is 11.2. The van der Waals surface area contributed by atoms with E-state index in [4.69, 9.17) is 28.3 Å². The third kappa shape index (κ3) is 4.17. The van der Waals surface area contributed by atoms with E-state index in [0.717, 1.165) is 34.2 Å². The van der Waals surface area contributed by atoms with E-state index in [9.17, 15) is 4.79 Å². The summed E-state index contributed by atoms with van der Waals surface area (Å²) in [5, 5.41) is 10.4. The molecule has 5 nitrogen and oxygen atoms in total. The first-order valence-electron chi connectivity index (χ1n) is 10.6. The first-order chi connectivity index (χ1) is 16.0. The maximum atomic E-state index is 13.1. The van der Waals surface area contributed by atoms with E-state index < -0.39 is 0 Å². The van der Waals surface area contributed by atoms with Crippen molar-refractivity contribution in [3.63, 3.8) is 0 Å². The van der Waals surface area contributed by atoms with E-state index in [2.05, 4.69) is 24.2 Å². The third-order valence-corrected chi connectivity index (χ3v) is 6.17. The van der Waals surface area contributed by atoms with Gasteiger partial charge in [0.15, 0.2) is 5.65 Å². The molecule has 3 aromatic carbocycles. The van der Waals surface area contributed by atoms with Crippen LogP contribution in [0, 0.1) is 0 Å². The molecule has 0 spiro atoms. The average molecular weight is 475 g/mol. The number of benzene rings is 3. The van der Waals surface area contributed by atoms with Crippen LogP contribution in [0.4, 0.5) is 0 Å². The summed E-state index contributed by atoms with van der Waals surface area (Å²) in [5.74, 6) is 0. The Morgan fingerprint density at radius 1 is 0.788 bits per heavy atom. The summed E-state index contributed by atoms with van der Waals surface area (Å²) in [4.78, 5) is 13.1. The molecule has 0 atom stereocenters. The molecule has 0 amide bonds. The molecule has 2 aromatic heterocycles. The van der Waals surface area contributed by atoms with Gasteiger partial charge < -0.3 is 0 Å². The van der Waals surface area contributed by atoms with Gasteiger partial charge in [-0.2, -0.15) is 9.61 Å². The number of halogens is 2. The SMILES string of the molecule is CCc1ccc(Cn2nc3c(-c4ccc(Cl)cc4)c(-c4ccc(Cl)cc4)cnn3c2=O)cc1. The van der Waals surface area contributed by atoms with Gasteiger partial charge in [0.25, 0.3) is 0 Å². The topological polar surface area (TPSA) is 52.2 Å². The highest BCUT2D eigenvalue weighted by molar-refractivity contribution is 6.31. The lowest BCUT2D eigenvalue weighted by atomic mass is 9.97. The van der Waals surface area contributed by atoms with E-state index in [1.165, 1.54) is 14.8 Å². The van der Waals surface area contributed by atoms with Crippen molar-refractivity contribution in [3.05, 3.63) is 111 Å². The summed E-state index contributed by atoms with van der Waals surface area (Å²) in [5.41, 5.74) is 5.93. The Bertz CT molecular complexity index is 1490. The van der Waals surface area contributed by atoms with Crippen LogP contribution in [0.25, 0.3) is 27.9 Å². The van der Waals surface area contributed by atoms with Gasteiger partial charge in [0.2, 0.25) is 0 Å². The molecule has 0 unspecified atom stereocenters. The molecular formula is C26H20Cl2N4O. The lowest BCUT2D eigenvalue weighted by molar-refractivity contribution is 0.650. The Balaban J connectivity index is 1.70. The van der Waals surface area contributed by atoms with Crippen molar-refractivity contribution in [2.24, 2.45) is 0 Å². The van der Waals surface area contributed by atoms with Crippen molar-refractivity contribution in [2.45, 2.75) is 19.9 Å². The number of rotatable bonds is 5. The van der Waals surface area contributed by atoms with Crippen LogP contribution < -0.4 is 5.69 Å². The fourth-order valence-corrected chi connectivity index (χ4v) is 4.12. The van der Waals surface area contributed by atoms with E-state index >= 15 is 0 Å². The van der Waals surface area contributed by atoms with Crippen molar-refractivity contribution in [2.75, 3.05) is 0 Å². The summed E-state index contributed by atoms with van der Waals surface area (Å²) in [6, 6.07) is 23.2. The number of aryl methyl sites for hydroxylation is 1. The van der Waals surface area contributed by atoms with Crippen LogP contribution >= 0.6 is 23.2 Å². The predicted octanol–water partition coefficient (Wildman–Crippen LogP) is 6.14. The first kappa shape index (κ1) is 21.4. The van der Waals surface area contributed by atoms with E-state index in [0.29, 0.717) is 22.2 Å². The molecule has 0 aliphatic carbocycles. The second kappa shape index (κ2) is 8.85. The molecule has 5 aromatic rings. The minimum Gasteiger partial charge on any atom is -0.244 e. The Kier molecular flexibility index (Phi) is 5.75. The molecule has 5 rings (SSSR count). The molecule has 0 fully saturated rings. The van der Waals surface area contributed by atoms with Crippen LogP contribution in [0.5, 0.6) is 0 Å². The van der Waals surface area contributed by atoms with Crippen molar-refractivity contribution in [1.82, 2.24) is 19.4 Å². The van der Waals surface area contributed by atoms with Crippen LogP contribution in [0.2, 0.25) is 10.0 Å². The molecule has 0 saturated carbocycles. The lowest BCUT2D eigenvalue weighted by Gasteiger charge is -2.11. The molecule has 0 saturated heterocycles. The smallest absolute Gasteiger partial charge is 0.244 e. The maximum Gasteiger partial charge on any atom is 0.367 e.